The van der Waals surface area contributed by atoms with Crippen molar-refractivity contribution in [2.75, 3.05) is 14.2 Å². The molecule has 1 aromatic rings. The molecule has 1 heterocycles. The van der Waals surface area contributed by atoms with Crippen molar-refractivity contribution >= 4 is 5.91 Å². The second-order valence-electron chi connectivity index (χ2n) is 5.76. The Balaban J connectivity index is 2.20. The van der Waals surface area contributed by atoms with E-state index in [1.165, 1.54) is 5.56 Å². The van der Waals surface area contributed by atoms with Crippen LogP contribution in [0.2, 0.25) is 0 Å². The zero-order valence-corrected chi connectivity index (χ0v) is 12.0. The number of likely N-dealkylation sites (N-methyl/N-ethyl adjacent to an activating group) is 1. The number of hydrogen-bond acceptors (Lipinski definition) is 3. The van der Waals surface area contributed by atoms with Gasteiger partial charge < -0.3 is 9.64 Å². The number of hydrogen-bond donors (Lipinski definition) is 0. The normalized spacial score (nSPS) is 31.5. The van der Waals surface area contributed by atoms with Crippen molar-refractivity contribution in [1.82, 2.24) is 4.90 Å². The zero-order valence-electron chi connectivity index (χ0n) is 12.0. The van der Waals surface area contributed by atoms with Crippen LogP contribution in [-0.4, -0.2) is 30.5 Å². The van der Waals surface area contributed by atoms with Gasteiger partial charge in [-0.15, -0.1) is 0 Å². The quantitative estimate of drug-likeness (QED) is 0.785. The number of nitrogens with zero attached hydrogens (tertiary/aromatic N) is 2. The van der Waals surface area contributed by atoms with E-state index in [4.69, 9.17) is 4.74 Å². The van der Waals surface area contributed by atoms with Gasteiger partial charge in [-0.1, -0.05) is 13.0 Å². The molecule has 1 fully saturated rings. The Morgan fingerprint density at radius 3 is 2.90 bits per heavy atom. The molecule has 1 saturated heterocycles. The van der Waals surface area contributed by atoms with Crippen molar-refractivity contribution in [3.05, 3.63) is 29.3 Å². The molecule has 1 aromatic carbocycles. The summed E-state index contributed by atoms with van der Waals surface area (Å²) in [5, 5.41) is 9.73. The number of rotatable bonds is 1. The van der Waals surface area contributed by atoms with Crippen molar-refractivity contribution in [1.29, 1.82) is 5.26 Å². The molecule has 0 N–H and O–H groups in total. The molecule has 3 atom stereocenters. The first kappa shape index (κ1) is 13.0. The standard InChI is InChI=1S/C16H18N2O2/c1-10-14-13-8-12(20-3)5-4-11(13)6-7-16(14,9-17)18(2)15(10)19/h4-5,8,10,14H,6-7H2,1-3H3/t10-,14-,16-/m1/s1. The molecular weight excluding hydrogens is 252 g/mol. The number of methoxy groups -OCH3 is 1. The predicted octanol–water partition coefficient (Wildman–Crippen LogP) is 2.10. The minimum Gasteiger partial charge on any atom is -0.497 e. The third-order valence-corrected chi connectivity index (χ3v) is 4.99. The monoisotopic (exact) mass is 270 g/mol. The average molecular weight is 270 g/mol. The van der Waals surface area contributed by atoms with Crippen LogP contribution in [0.5, 0.6) is 5.75 Å². The number of benzene rings is 1. The Bertz CT molecular complexity index is 619. The van der Waals surface area contributed by atoms with Crippen molar-refractivity contribution in [3.8, 4) is 11.8 Å². The summed E-state index contributed by atoms with van der Waals surface area (Å²) < 4.78 is 5.30. The molecule has 104 valence electrons. The Labute approximate surface area is 118 Å². The average Bonchev–Trinajstić information content (AvgIpc) is 2.69. The molecule has 0 unspecified atom stereocenters. The van der Waals surface area contributed by atoms with Crippen LogP contribution in [0, 0.1) is 17.2 Å². The number of carbonyl (C=O) groups excluding carboxylic acids is 1. The molecule has 2 aliphatic rings. The van der Waals surface area contributed by atoms with E-state index in [0.717, 1.165) is 17.7 Å². The van der Waals surface area contributed by atoms with Crippen molar-refractivity contribution in [2.45, 2.75) is 31.2 Å². The van der Waals surface area contributed by atoms with Crippen molar-refractivity contribution in [3.63, 3.8) is 0 Å². The smallest absolute Gasteiger partial charge is 0.227 e. The molecule has 3 rings (SSSR count). The predicted molar refractivity (Wildman–Crippen MR) is 74.3 cm³/mol. The van der Waals surface area contributed by atoms with Gasteiger partial charge in [0.2, 0.25) is 5.91 Å². The van der Waals surface area contributed by atoms with Crippen LogP contribution >= 0.6 is 0 Å². The highest BCUT2D eigenvalue weighted by molar-refractivity contribution is 5.85. The Morgan fingerprint density at radius 2 is 2.25 bits per heavy atom. The lowest BCUT2D eigenvalue weighted by Gasteiger charge is -2.39. The number of likely N-dealkylation sites (tertiary alicyclic amines) is 1. The molecule has 0 spiro atoms. The van der Waals surface area contributed by atoms with Gasteiger partial charge in [0.05, 0.1) is 13.2 Å². The van der Waals surface area contributed by atoms with E-state index in [1.807, 2.05) is 19.1 Å². The highest BCUT2D eigenvalue weighted by Crippen LogP contribution is 2.52. The first-order chi connectivity index (χ1) is 9.55. The van der Waals surface area contributed by atoms with Crippen molar-refractivity contribution in [2.24, 2.45) is 5.92 Å². The molecule has 4 heteroatoms. The molecule has 0 saturated carbocycles. The summed E-state index contributed by atoms with van der Waals surface area (Å²) in [6.45, 7) is 1.93. The summed E-state index contributed by atoms with van der Waals surface area (Å²) in [5.41, 5.74) is 1.63. The van der Waals surface area contributed by atoms with E-state index < -0.39 is 5.54 Å². The van der Waals surface area contributed by atoms with Gasteiger partial charge in [0.1, 0.15) is 11.3 Å². The Morgan fingerprint density at radius 1 is 1.50 bits per heavy atom. The minimum atomic E-state index is -0.699. The molecule has 4 nitrogen and oxygen atoms in total. The molecule has 1 amide bonds. The Kier molecular flexibility index (Phi) is 2.75. The van der Waals surface area contributed by atoms with Gasteiger partial charge in [-0.25, -0.2) is 0 Å². The van der Waals surface area contributed by atoms with Crippen LogP contribution in [0.15, 0.2) is 18.2 Å². The largest absolute Gasteiger partial charge is 0.497 e. The highest BCUT2D eigenvalue weighted by Gasteiger charge is 2.58. The first-order valence-electron chi connectivity index (χ1n) is 6.91. The van der Waals surface area contributed by atoms with Crippen molar-refractivity contribution < 1.29 is 9.53 Å². The number of fused-ring (bicyclic) bond motifs is 3. The summed E-state index contributed by atoms with van der Waals surface area (Å²) in [5.74, 6) is 0.619. The third-order valence-electron chi connectivity index (χ3n) is 4.99. The van der Waals surface area contributed by atoms with Crippen LogP contribution in [0.3, 0.4) is 0 Å². The van der Waals surface area contributed by atoms with Gasteiger partial charge in [0.15, 0.2) is 0 Å². The molecule has 20 heavy (non-hydrogen) atoms. The first-order valence-corrected chi connectivity index (χ1v) is 6.91. The fourth-order valence-corrected chi connectivity index (χ4v) is 3.86. The van der Waals surface area contributed by atoms with Crippen LogP contribution in [0.25, 0.3) is 0 Å². The number of nitriles is 1. The molecule has 1 aliphatic heterocycles. The fraction of sp³-hybridized carbons (Fsp3) is 0.500. The van der Waals surface area contributed by atoms with Gasteiger partial charge in [-0.05, 0) is 36.1 Å². The second-order valence-corrected chi connectivity index (χ2v) is 5.76. The summed E-state index contributed by atoms with van der Waals surface area (Å²) in [6, 6.07) is 8.44. The fourth-order valence-electron chi connectivity index (χ4n) is 3.86. The summed E-state index contributed by atoms with van der Waals surface area (Å²) in [7, 11) is 3.39. The number of amides is 1. The zero-order chi connectivity index (χ0) is 14.5. The third kappa shape index (κ3) is 1.44. The SMILES string of the molecule is COc1ccc2c(c1)[C@H]1[C@@H](C)C(=O)N(C)[C@@]1(C#N)CC2. The van der Waals surface area contributed by atoms with E-state index in [-0.39, 0.29) is 17.7 Å². The van der Waals surface area contributed by atoms with E-state index in [0.29, 0.717) is 6.42 Å². The maximum absolute atomic E-state index is 12.3. The lowest BCUT2D eigenvalue weighted by Crippen LogP contribution is -2.47. The highest BCUT2D eigenvalue weighted by atomic mass is 16.5. The van der Waals surface area contributed by atoms with E-state index in [1.54, 1.807) is 19.1 Å². The molecule has 0 radical (unpaired) electrons. The number of ether oxygens (including phenoxy) is 1. The van der Waals surface area contributed by atoms with Crippen LogP contribution in [0.1, 0.15) is 30.4 Å². The molecule has 1 aliphatic carbocycles. The molecule has 0 bridgehead atoms. The van der Waals surface area contributed by atoms with E-state index in [9.17, 15) is 10.1 Å². The van der Waals surface area contributed by atoms with E-state index in [2.05, 4.69) is 12.1 Å². The summed E-state index contributed by atoms with van der Waals surface area (Å²) >= 11 is 0. The van der Waals surface area contributed by atoms with Crippen LogP contribution in [-0.2, 0) is 11.2 Å². The summed E-state index contributed by atoms with van der Waals surface area (Å²) in [4.78, 5) is 14.0. The maximum Gasteiger partial charge on any atom is 0.227 e. The minimum absolute atomic E-state index is 0.0622. The van der Waals surface area contributed by atoms with Gasteiger partial charge >= 0.3 is 0 Å². The Hall–Kier alpha value is -2.02. The maximum atomic E-state index is 12.3. The number of aryl methyl sites for hydroxylation is 1. The lowest BCUT2D eigenvalue weighted by atomic mass is 9.68. The van der Waals surface area contributed by atoms with Gasteiger partial charge in [0, 0.05) is 18.9 Å². The second kappa shape index (κ2) is 4.24. The van der Waals surface area contributed by atoms with Gasteiger partial charge in [-0.3, -0.25) is 4.79 Å². The van der Waals surface area contributed by atoms with Gasteiger partial charge in [-0.2, -0.15) is 5.26 Å². The lowest BCUT2D eigenvalue weighted by molar-refractivity contribution is -0.131. The molecular formula is C16H18N2O2. The van der Waals surface area contributed by atoms with Crippen LogP contribution in [0.4, 0.5) is 0 Å². The van der Waals surface area contributed by atoms with E-state index >= 15 is 0 Å². The topological polar surface area (TPSA) is 53.3 Å². The summed E-state index contributed by atoms with van der Waals surface area (Å²) in [6.07, 6.45) is 1.54. The van der Waals surface area contributed by atoms with Gasteiger partial charge in [0.25, 0.3) is 0 Å². The number of carbonyl (C=O) groups is 1. The van der Waals surface area contributed by atoms with Crippen LogP contribution < -0.4 is 4.74 Å². The molecule has 0 aromatic heterocycles.